The van der Waals surface area contributed by atoms with Crippen LogP contribution in [0.4, 0.5) is 0 Å². The number of hydrogen-bond donors (Lipinski definition) is 1. The summed E-state index contributed by atoms with van der Waals surface area (Å²) in [5.74, 6) is 0.485. The SMILES string of the molecule is O=C(Cn1cnc2ccccc2c1=O)NCCCOc1cccc2cccnc12. The van der Waals surface area contributed by atoms with E-state index in [1.165, 1.54) is 10.9 Å². The van der Waals surface area contributed by atoms with Crippen LogP contribution in [0.1, 0.15) is 6.42 Å². The zero-order valence-corrected chi connectivity index (χ0v) is 15.7. The van der Waals surface area contributed by atoms with E-state index in [-0.39, 0.29) is 18.0 Å². The topological polar surface area (TPSA) is 86.1 Å². The van der Waals surface area contributed by atoms with E-state index < -0.39 is 0 Å². The largest absolute Gasteiger partial charge is 0.491 e. The van der Waals surface area contributed by atoms with Gasteiger partial charge in [0.1, 0.15) is 17.8 Å². The van der Waals surface area contributed by atoms with Crippen molar-refractivity contribution in [2.45, 2.75) is 13.0 Å². The summed E-state index contributed by atoms with van der Waals surface area (Å²) in [5, 5.41) is 4.33. The summed E-state index contributed by atoms with van der Waals surface area (Å²) < 4.78 is 7.12. The van der Waals surface area contributed by atoms with Crippen LogP contribution in [0.3, 0.4) is 0 Å². The number of rotatable bonds is 7. The number of ether oxygens (including phenoxy) is 1. The maximum atomic E-state index is 12.4. The quantitative estimate of drug-likeness (QED) is 0.492. The smallest absolute Gasteiger partial charge is 0.261 e. The summed E-state index contributed by atoms with van der Waals surface area (Å²) in [6, 6.07) is 16.7. The maximum absolute atomic E-state index is 12.4. The summed E-state index contributed by atoms with van der Waals surface area (Å²) in [4.78, 5) is 33.2. The molecule has 4 aromatic rings. The number of amides is 1. The third kappa shape index (κ3) is 4.24. The van der Waals surface area contributed by atoms with E-state index in [1.807, 2.05) is 36.4 Å². The van der Waals surface area contributed by atoms with E-state index in [1.54, 1.807) is 24.4 Å². The van der Waals surface area contributed by atoms with Gasteiger partial charge in [0.05, 0.1) is 23.8 Å². The number of pyridine rings is 1. The molecule has 0 atom stereocenters. The molecule has 0 bridgehead atoms. The Labute approximate surface area is 167 Å². The highest BCUT2D eigenvalue weighted by molar-refractivity contribution is 5.84. The summed E-state index contributed by atoms with van der Waals surface area (Å²) in [6.45, 7) is 0.838. The van der Waals surface area contributed by atoms with Crippen molar-refractivity contribution in [3.05, 3.63) is 77.5 Å². The average Bonchev–Trinajstić information content (AvgIpc) is 2.76. The van der Waals surface area contributed by atoms with Crippen LogP contribution in [0, 0.1) is 0 Å². The Morgan fingerprint density at radius 1 is 1.03 bits per heavy atom. The fraction of sp³-hybridized carbons (Fsp3) is 0.182. The molecule has 4 rings (SSSR count). The van der Waals surface area contributed by atoms with Gasteiger partial charge in [0.2, 0.25) is 5.91 Å². The van der Waals surface area contributed by atoms with Crippen LogP contribution < -0.4 is 15.6 Å². The second-order valence-electron chi connectivity index (χ2n) is 6.58. The van der Waals surface area contributed by atoms with Gasteiger partial charge in [-0.05, 0) is 30.7 Å². The zero-order valence-electron chi connectivity index (χ0n) is 15.7. The van der Waals surface area contributed by atoms with Crippen LogP contribution in [0.5, 0.6) is 5.75 Å². The van der Waals surface area contributed by atoms with E-state index >= 15 is 0 Å². The molecule has 7 nitrogen and oxygen atoms in total. The van der Waals surface area contributed by atoms with Gasteiger partial charge in [0, 0.05) is 18.1 Å². The molecule has 0 fully saturated rings. The number of carbonyl (C=O) groups is 1. The fourth-order valence-corrected chi connectivity index (χ4v) is 3.10. The van der Waals surface area contributed by atoms with E-state index in [9.17, 15) is 9.59 Å². The molecule has 0 spiro atoms. The van der Waals surface area contributed by atoms with Gasteiger partial charge in [-0.3, -0.25) is 19.1 Å². The van der Waals surface area contributed by atoms with Crippen LogP contribution >= 0.6 is 0 Å². The van der Waals surface area contributed by atoms with Crippen LogP contribution in [-0.4, -0.2) is 33.6 Å². The Kier molecular flexibility index (Phi) is 5.47. The van der Waals surface area contributed by atoms with Crippen molar-refractivity contribution in [1.29, 1.82) is 0 Å². The molecule has 1 amide bonds. The van der Waals surface area contributed by atoms with Crippen molar-refractivity contribution >= 4 is 27.7 Å². The number of nitrogens with zero attached hydrogens (tertiary/aromatic N) is 3. The Hall–Kier alpha value is -3.74. The first-order valence-electron chi connectivity index (χ1n) is 9.40. The Morgan fingerprint density at radius 3 is 2.83 bits per heavy atom. The molecule has 2 heterocycles. The Balaban J connectivity index is 1.27. The lowest BCUT2D eigenvalue weighted by Gasteiger charge is -2.10. The molecule has 2 aromatic carbocycles. The normalized spacial score (nSPS) is 10.9. The molecule has 7 heteroatoms. The highest BCUT2D eigenvalue weighted by Gasteiger charge is 2.08. The molecular weight excluding hydrogens is 368 g/mol. The molecule has 0 radical (unpaired) electrons. The first-order chi connectivity index (χ1) is 14.2. The molecule has 0 aliphatic carbocycles. The van der Waals surface area contributed by atoms with Crippen molar-refractivity contribution in [3.8, 4) is 5.75 Å². The lowest BCUT2D eigenvalue weighted by molar-refractivity contribution is -0.121. The lowest BCUT2D eigenvalue weighted by Crippen LogP contribution is -2.33. The molecule has 146 valence electrons. The number of carbonyl (C=O) groups excluding carboxylic acids is 1. The monoisotopic (exact) mass is 388 g/mol. The second kappa shape index (κ2) is 8.52. The standard InChI is InChI=1S/C22H20N4O3/c27-20(14-26-15-25-18-9-2-1-8-17(18)22(26)28)23-12-5-13-29-19-10-3-6-16-7-4-11-24-21(16)19/h1-4,6-11,15H,5,12-14H2,(H,23,27). The van der Waals surface area contributed by atoms with Crippen LogP contribution in [0.25, 0.3) is 21.8 Å². The third-order valence-electron chi connectivity index (χ3n) is 4.54. The van der Waals surface area contributed by atoms with Gasteiger partial charge in [-0.1, -0.05) is 30.3 Å². The summed E-state index contributed by atoms with van der Waals surface area (Å²) in [7, 11) is 0. The summed E-state index contributed by atoms with van der Waals surface area (Å²) in [5.41, 5.74) is 1.22. The van der Waals surface area contributed by atoms with Gasteiger partial charge < -0.3 is 10.1 Å². The molecular formula is C22H20N4O3. The van der Waals surface area contributed by atoms with Gasteiger partial charge >= 0.3 is 0 Å². The third-order valence-corrected chi connectivity index (χ3v) is 4.54. The number of para-hydroxylation sites is 2. The van der Waals surface area contributed by atoms with Crippen molar-refractivity contribution in [2.24, 2.45) is 0 Å². The molecule has 0 saturated heterocycles. The molecule has 29 heavy (non-hydrogen) atoms. The minimum absolute atomic E-state index is 0.0647. The maximum Gasteiger partial charge on any atom is 0.261 e. The number of aromatic nitrogens is 3. The predicted octanol–water partition coefficient (Wildman–Crippen LogP) is 2.53. The van der Waals surface area contributed by atoms with E-state index in [0.717, 1.165) is 16.7 Å². The molecule has 0 aliphatic heterocycles. The Morgan fingerprint density at radius 2 is 1.90 bits per heavy atom. The van der Waals surface area contributed by atoms with Gasteiger partial charge in [-0.25, -0.2) is 4.98 Å². The number of hydrogen-bond acceptors (Lipinski definition) is 5. The highest BCUT2D eigenvalue weighted by Crippen LogP contribution is 2.22. The van der Waals surface area contributed by atoms with Crippen molar-refractivity contribution in [3.63, 3.8) is 0 Å². The van der Waals surface area contributed by atoms with Crippen LogP contribution in [0.2, 0.25) is 0 Å². The lowest BCUT2D eigenvalue weighted by atomic mass is 10.2. The average molecular weight is 388 g/mol. The van der Waals surface area contributed by atoms with Gasteiger partial charge in [0.15, 0.2) is 0 Å². The molecule has 2 aromatic heterocycles. The van der Waals surface area contributed by atoms with Gasteiger partial charge in [-0.2, -0.15) is 0 Å². The highest BCUT2D eigenvalue weighted by atomic mass is 16.5. The minimum Gasteiger partial charge on any atom is -0.491 e. The van der Waals surface area contributed by atoms with Crippen molar-refractivity contribution in [2.75, 3.05) is 13.2 Å². The van der Waals surface area contributed by atoms with Crippen LogP contribution in [0.15, 0.2) is 71.9 Å². The first kappa shape index (κ1) is 18.6. The van der Waals surface area contributed by atoms with Crippen molar-refractivity contribution in [1.82, 2.24) is 19.9 Å². The number of nitrogens with one attached hydrogen (secondary N) is 1. The van der Waals surface area contributed by atoms with E-state index in [4.69, 9.17) is 4.74 Å². The van der Waals surface area contributed by atoms with E-state index in [2.05, 4.69) is 15.3 Å². The van der Waals surface area contributed by atoms with E-state index in [0.29, 0.717) is 30.5 Å². The van der Waals surface area contributed by atoms with Crippen molar-refractivity contribution < 1.29 is 9.53 Å². The zero-order chi connectivity index (χ0) is 20.1. The van der Waals surface area contributed by atoms with Gasteiger partial charge in [0.25, 0.3) is 5.56 Å². The molecule has 0 aliphatic rings. The van der Waals surface area contributed by atoms with Gasteiger partial charge in [-0.15, -0.1) is 0 Å². The molecule has 0 saturated carbocycles. The predicted molar refractivity (Wildman–Crippen MR) is 111 cm³/mol. The minimum atomic E-state index is -0.240. The summed E-state index contributed by atoms with van der Waals surface area (Å²) in [6.07, 6.45) is 3.78. The summed E-state index contributed by atoms with van der Waals surface area (Å²) >= 11 is 0. The number of benzene rings is 2. The molecule has 0 unspecified atom stereocenters. The second-order valence-corrected chi connectivity index (χ2v) is 6.58. The first-order valence-corrected chi connectivity index (χ1v) is 9.40. The van der Waals surface area contributed by atoms with Crippen LogP contribution in [-0.2, 0) is 11.3 Å². The fourth-order valence-electron chi connectivity index (χ4n) is 3.10. The Bertz CT molecular complexity index is 1210. The number of fused-ring (bicyclic) bond motifs is 2. The molecule has 1 N–H and O–H groups in total.